The number of rotatable bonds is 2. The Hall–Kier alpha value is -2.04. The van der Waals surface area contributed by atoms with Gasteiger partial charge in [-0.3, -0.25) is 14.4 Å². The Bertz CT molecular complexity index is 543. The van der Waals surface area contributed by atoms with E-state index < -0.39 is 17.6 Å². The van der Waals surface area contributed by atoms with Crippen molar-refractivity contribution in [3.05, 3.63) is 30.1 Å². The van der Waals surface area contributed by atoms with Crippen molar-refractivity contribution < 1.29 is 18.8 Å². The van der Waals surface area contributed by atoms with Crippen LogP contribution in [0.15, 0.2) is 24.3 Å². The van der Waals surface area contributed by atoms with Gasteiger partial charge in [-0.2, -0.15) is 0 Å². The van der Waals surface area contributed by atoms with Gasteiger partial charge in [0.2, 0.25) is 5.91 Å². The number of carbonyl (C=O) groups excluding carboxylic acids is 3. The summed E-state index contributed by atoms with van der Waals surface area (Å²) in [6, 6.07) is 5.16. The molecular weight excluding hydrogens is 261 g/mol. The van der Waals surface area contributed by atoms with Crippen molar-refractivity contribution in [2.24, 2.45) is 11.3 Å². The van der Waals surface area contributed by atoms with Crippen LogP contribution in [0.4, 0.5) is 10.1 Å². The van der Waals surface area contributed by atoms with Gasteiger partial charge in [-0.15, -0.1) is 0 Å². The Morgan fingerprint density at radius 2 is 1.65 bits per heavy atom. The zero-order valence-corrected chi connectivity index (χ0v) is 11.4. The van der Waals surface area contributed by atoms with Crippen LogP contribution in [0.1, 0.15) is 26.7 Å². The molecule has 20 heavy (non-hydrogen) atoms. The summed E-state index contributed by atoms with van der Waals surface area (Å²) < 4.78 is 12.8. The molecule has 1 N–H and O–H groups in total. The number of carbonyl (C=O) groups is 3. The van der Waals surface area contributed by atoms with Crippen LogP contribution in [0, 0.1) is 17.2 Å². The molecule has 106 valence electrons. The Morgan fingerprint density at radius 3 is 2.15 bits per heavy atom. The second-order valence-electron chi connectivity index (χ2n) is 5.88. The largest absolute Gasteiger partial charge is 0.325 e. The lowest BCUT2D eigenvalue weighted by Gasteiger charge is -2.31. The van der Waals surface area contributed by atoms with Crippen molar-refractivity contribution in [1.29, 1.82) is 0 Å². The molecule has 0 heterocycles. The van der Waals surface area contributed by atoms with Gasteiger partial charge in [0, 0.05) is 18.5 Å². The summed E-state index contributed by atoms with van der Waals surface area (Å²) in [6.07, 6.45) is 0.417. The molecule has 1 aliphatic carbocycles. The molecule has 0 unspecified atom stereocenters. The normalized spacial score (nSPS) is 18.9. The molecule has 0 radical (unpaired) electrons. The molecule has 0 saturated heterocycles. The molecular formula is C15H16FNO3. The monoisotopic (exact) mass is 277 g/mol. The lowest BCUT2D eigenvalue weighted by Crippen LogP contribution is -2.44. The fourth-order valence-electron chi connectivity index (χ4n) is 2.43. The van der Waals surface area contributed by atoms with Crippen LogP contribution in [0.25, 0.3) is 0 Å². The van der Waals surface area contributed by atoms with Crippen molar-refractivity contribution in [2.45, 2.75) is 26.7 Å². The lowest BCUT2D eigenvalue weighted by atomic mass is 9.71. The molecule has 0 aromatic heterocycles. The van der Waals surface area contributed by atoms with E-state index >= 15 is 0 Å². The first kappa shape index (κ1) is 14.4. The number of Topliss-reactive ketones (excluding diaryl/α,β-unsaturated/α-hetero) is 2. The van der Waals surface area contributed by atoms with Gasteiger partial charge in [0.25, 0.3) is 0 Å². The molecule has 0 aliphatic heterocycles. The van der Waals surface area contributed by atoms with Gasteiger partial charge in [-0.05, 0) is 29.7 Å². The Labute approximate surface area is 116 Å². The van der Waals surface area contributed by atoms with Crippen molar-refractivity contribution >= 4 is 23.2 Å². The zero-order valence-electron chi connectivity index (χ0n) is 11.4. The maximum Gasteiger partial charge on any atom is 0.242 e. The SMILES string of the molecule is CC1(C)CC(=O)C(C(=O)Nc2ccc(F)cc2)C(=O)C1. The molecule has 0 spiro atoms. The van der Waals surface area contributed by atoms with Crippen molar-refractivity contribution in [3.8, 4) is 0 Å². The first-order valence-corrected chi connectivity index (χ1v) is 6.40. The highest BCUT2D eigenvalue weighted by Gasteiger charge is 2.43. The van der Waals surface area contributed by atoms with E-state index in [9.17, 15) is 18.8 Å². The Morgan fingerprint density at radius 1 is 1.15 bits per heavy atom. The van der Waals surface area contributed by atoms with E-state index in [4.69, 9.17) is 0 Å². The summed E-state index contributed by atoms with van der Waals surface area (Å²) in [5.74, 6) is -3.01. The topological polar surface area (TPSA) is 63.2 Å². The van der Waals surface area contributed by atoms with Gasteiger partial charge in [-0.25, -0.2) is 4.39 Å². The molecule has 1 aliphatic rings. The minimum atomic E-state index is -1.24. The first-order valence-electron chi connectivity index (χ1n) is 6.40. The molecule has 1 aromatic rings. The Balaban J connectivity index is 2.11. The van der Waals surface area contributed by atoms with Crippen molar-refractivity contribution in [1.82, 2.24) is 0 Å². The van der Waals surface area contributed by atoms with Crippen LogP contribution in [-0.4, -0.2) is 17.5 Å². The van der Waals surface area contributed by atoms with Gasteiger partial charge in [0.05, 0.1) is 0 Å². The Kier molecular flexibility index (Phi) is 3.70. The number of anilines is 1. The van der Waals surface area contributed by atoms with E-state index in [1.165, 1.54) is 24.3 Å². The summed E-state index contributed by atoms with van der Waals surface area (Å²) >= 11 is 0. The average molecular weight is 277 g/mol. The fraction of sp³-hybridized carbons (Fsp3) is 0.400. The van der Waals surface area contributed by atoms with Gasteiger partial charge in [-0.1, -0.05) is 13.8 Å². The van der Waals surface area contributed by atoms with E-state index in [0.29, 0.717) is 5.69 Å². The van der Waals surface area contributed by atoms with Crippen molar-refractivity contribution in [2.75, 3.05) is 5.32 Å². The van der Waals surface area contributed by atoms with E-state index in [2.05, 4.69) is 5.32 Å². The molecule has 0 atom stereocenters. The van der Waals surface area contributed by atoms with Gasteiger partial charge in [0.1, 0.15) is 5.82 Å². The highest BCUT2D eigenvalue weighted by Crippen LogP contribution is 2.34. The smallest absolute Gasteiger partial charge is 0.242 e. The number of benzene rings is 1. The quantitative estimate of drug-likeness (QED) is 0.844. The van der Waals surface area contributed by atoms with E-state index in [-0.39, 0.29) is 29.8 Å². The van der Waals surface area contributed by atoms with Gasteiger partial charge < -0.3 is 5.32 Å². The lowest BCUT2D eigenvalue weighted by molar-refractivity contribution is -0.144. The third-order valence-corrected chi connectivity index (χ3v) is 3.32. The number of nitrogens with one attached hydrogen (secondary N) is 1. The predicted octanol–water partition coefficient (Wildman–Crippen LogP) is 2.34. The third kappa shape index (κ3) is 3.10. The zero-order chi connectivity index (χ0) is 14.9. The van der Waals surface area contributed by atoms with Crippen LogP contribution >= 0.6 is 0 Å². The molecule has 1 saturated carbocycles. The van der Waals surface area contributed by atoms with E-state index in [1.807, 2.05) is 13.8 Å². The molecule has 5 heteroatoms. The molecule has 2 rings (SSSR count). The van der Waals surface area contributed by atoms with Crippen LogP contribution in [0.3, 0.4) is 0 Å². The highest BCUT2D eigenvalue weighted by atomic mass is 19.1. The van der Waals surface area contributed by atoms with Crippen LogP contribution in [0.2, 0.25) is 0 Å². The second kappa shape index (κ2) is 5.15. The summed E-state index contributed by atoms with van der Waals surface area (Å²) in [4.78, 5) is 36.0. The highest BCUT2D eigenvalue weighted by molar-refractivity contribution is 6.23. The molecule has 1 aromatic carbocycles. The summed E-state index contributed by atoms with van der Waals surface area (Å²) in [5, 5.41) is 2.48. The molecule has 0 bridgehead atoms. The number of ketones is 2. The number of hydrogen-bond donors (Lipinski definition) is 1. The van der Waals surface area contributed by atoms with Crippen LogP contribution in [0.5, 0.6) is 0 Å². The summed E-state index contributed by atoms with van der Waals surface area (Å²) in [7, 11) is 0. The predicted molar refractivity (Wildman–Crippen MR) is 71.5 cm³/mol. The van der Waals surface area contributed by atoms with E-state index in [0.717, 1.165) is 0 Å². The molecule has 1 amide bonds. The van der Waals surface area contributed by atoms with E-state index in [1.54, 1.807) is 0 Å². The number of amides is 1. The summed E-state index contributed by atoms with van der Waals surface area (Å²) in [5.41, 5.74) is -0.0253. The summed E-state index contributed by atoms with van der Waals surface area (Å²) in [6.45, 7) is 3.66. The maximum absolute atomic E-state index is 12.8. The number of halogens is 1. The minimum Gasteiger partial charge on any atom is -0.325 e. The minimum absolute atomic E-state index is 0.209. The standard InChI is InChI=1S/C15H16FNO3/c1-15(2)7-11(18)13(12(19)8-15)14(20)17-10-5-3-9(16)4-6-10/h3-6,13H,7-8H2,1-2H3,(H,17,20). The average Bonchev–Trinajstić information content (AvgIpc) is 2.29. The van der Waals surface area contributed by atoms with Gasteiger partial charge >= 0.3 is 0 Å². The number of hydrogen-bond acceptors (Lipinski definition) is 3. The first-order chi connectivity index (χ1) is 9.28. The van der Waals surface area contributed by atoms with Crippen molar-refractivity contribution in [3.63, 3.8) is 0 Å². The van der Waals surface area contributed by atoms with Crippen LogP contribution in [-0.2, 0) is 14.4 Å². The molecule has 4 nitrogen and oxygen atoms in total. The third-order valence-electron chi connectivity index (χ3n) is 3.32. The van der Waals surface area contributed by atoms with Crippen LogP contribution < -0.4 is 5.32 Å². The molecule has 1 fully saturated rings. The maximum atomic E-state index is 12.8. The van der Waals surface area contributed by atoms with Gasteiger partial charge in [0.15, 0.2) is 17.5 Å². The fourth-order valence-corrected chi connectivity index (χ4v) is 2.43. The second-order valence-corrected chi connectivity index (χ2v) is 5.88.